The number of hydrogen-bond donors (Lipinski definition) is 2. The number of nitrogens with zero attached hydrogens (tertiary/aromatic N) is 3. The van der Waals surface area contributed by atoms with Gasteiger partial charge in [-0.3, -0.25) is 4.72 Å². The van der Waals surface area contributed by atoms with E-state index in [1.54, 1.807) is 16.9 Å². The van der Waals surface area contributed by atoms with E-state index in [1.807, 2.05) is 0 Å². The van der Waals surface area contributed by atoms with Crippen molar-refractivity contribution in [1.82, 2.24) is 15.0 Å². The monoisotopic (exact) mass is 519 g/mol. The maximum Gasteiger partial charge on any atom is 0.237 e. The first-order valence-corrected chi connectivity index (χ1v) is 11.8. The van der Waals surface area contributed by atoms with Crippen molar-refractivity contribution in [1.29, 1.82) is 0 Å². The van der Waals surface area contributed by atoms with E-state index >= 15 is 4.39 Å². The molecule has 4 rings (SSSR count). The molecule has 36 heavy (non-hydrogen) atoms. The normalized spacial score (nSPS) is 11.4. The standard InChI is InChI=1S/C23H17F4N5O3S/c1-12-19(35-22-13(4-3-8-29-22)18-7-9-30-23(28)31-18)10-17(26)21(20(12)27)32-36(33,34)11-14-15(24)5-2-6-16(14)25/h2-10,32H,11H2,1H3,(H2,28,30,31). The molecule has 0 saturated heterocycles. The maximum atomic E-state index is 15.1. The van der Waals surface area contributed by atoms with Gasteiger partial charge < -0.3 is 10.5 Å². The van der Waals surface area contributed by atoms with Gasteiger partial charge in [-0.1, -0.05) is 6.07 Å². The van der Waals surface area contributed by atoms with Gasteiger partial charge in [-0.05, 0) is 37.3 Å². The summed E-state index contributed by atoms with van der Waals surface area (Å²) in [6.45, 7) is 1.23. The van der Waals surface area contributed by atoms with E-state index in [4.69, 9.17) is 10.5 Å². The van der Waals surface area contributed by atoms with Crippen molar-refractivity contribution in [3.63, 3.8) is 0 Å². The number of benzene rings is 2. The zero-order valence-electron chi connectivity index (χ0n) is 18.5. The summed E-state index contributed by atoms with van der Waals surface area (Å²) in [6.07, 6.45) is 2.79. The average molecular weight is 519 g/mol. The van der Waals surface area contributed by atoms with Crippen LogP contribution in [0, 0.1) is 30.2 Å². The molecule has 0 spiro atoms. The fourth-order valence-corrected chi connectivity index (χ4v) is 4.47. The minimum Gasteiger partial charge on any atom is -0.438 e. The van der Waals surface area contributed by atoms with E-state index < -0.39 is 50.3 Å². The van der Waals surface area contributed by atoms with Gasteiger partial charge in [0.2, 0.25) is 21.9 Å². The summed E-state index contributed by atoms with van der Waals surface area (Å²) < 4.78 is 89.9. The Balaban J connectivity index is 1.65. The van der Waals surface area contributed by atoms with Gasteiger partial charge in [0.05, 0.1) is 11.3 Å². The van der Waals surface area contributed by atoms with Crippen LogP contribution in [0.1, 0.15) is 11.1 Å². The molecule has 0 fully saturated rings. The first-order chi connectivity index (χ1) is 17.1. The Morgan fingerprint density at radius 3 is 2.39 bits per heavy atom. The molecule has 0 amide bonds. The molecule has 3 N–H and O–H groups in total. The van der Waals surface area contributed by atoms with Crippen LogP contribution in [0.3, 0.4) is 0 Å². The fraction of sp³-hybridized carbons (Fsp3) is 0.0870. The zero-order chi connectivity index (χ0) is 26.0. The van der Waals surface area contributed by atoms with Crippen LogP contribution in [0.2, 0.25) is 0 Å². The van der Waals surface area contributed by atoms with Gasteiger partial charge in [-0.25, -0.2) is 40.9 Å². The number of ether oxygens (including phenoxy) is 1. The summed E-state index contributed by atoms with van der Waals surface area (Å²) in [5.74, 6) is -6.38. The maximum absolute atomic E-state index is 15.1. The molecule has 0 aliphatic carbocycles. The predicted octanol–water partition coefficient (Wildman–Crippen LogP) is 4.72. The van der Waals surface area contributed by atoms with Crippen molar-refractivity contribution in [2.24, 2.45) is 0 Å². The summed E-state index contributed by atoms with van der Waals surface area (Å²) in [5, 5.41) is 0. The zero-order valence-corrected chi connectivity index (χ0v) is 19.3. The summed E-state index contributed by atoms with van der Waals surface area (Å²) in [7, 11) is -4.60. The van der Waals surface area contributed by atoms with Crippen LogP contribution < -0.4 is 15.2 Å². The fourth-order valence-electron chi connectivity index (χ4n) is 3.24. The topological polar surface area (TPSA) is 120 Å². The summed E-state index contributed by atoms with van der Waals surface area (Å²) in [4.78, 5) is 11.9. The molecule has 0 unspecified atom stereocenters. The van der Waals surface area contributed by atoms with Gasteiger partial charge in [0, 0.05) is 29.6 Å². The molecule has 0 radical (unpaired) electrons. The Morgan fingerprint density at radius 1 is 0.972 bits per heavy atom. The van der Waals surface area contributed by atoms with Crippen molar-refractivity contribution >= 4 is 21.7 Å². The molecule has 0 saturated carbocycles. The molecule has 0 aliphatic rings. The number of nitrogen functional groups attached to an aromatic ring is 1. The van der Waals surface area contributed by atoms with E-state index in [2.05, 4.69) is 15.0 Å². The minimum absolute atomic E-state index is 0.0116. The smallest absolute Gasteiger partial charge is 0.237 e. The third-order valence-electron chi connectivity index (χ3n) is 5.00. The molecule has 0 aliphatic heterocycles. The number of nitrogens with one attached hydrogen (secondary N) is 1. The number of aromatic nitrogens is 3. The molecule has 0 atom stereocenters. The van der Waals surface area contributed by atoms with Crippen LogP contribution in [0.15, 0.2) is 54.9 Å². The van der Waals surface area contributed by atoms with Crippen LogP contribution >= 0.6 is 0 Å². The molecule has 2 aromatic carbocycles. The van der Waals surface area contributed by atoms with Gasteiger partial charge in [-0.15, -0.1) is 0 Å². The van der Waals surface area contributed by atoms with Crippen molar-refractivity contribution in [2.75, 3.05) is 10.5 Å². The highest BCUT2D eigenvalue weighted by Gasteiger charge is 2.25. The van der Waals surface area contributed by atoms with Crippen molar-refractivity contribution in [3.8, 4) is 22.9 Å². The van der Waals surface area contributed by atoms with Gasteiger partial charge >= 0.3 is 0 Å². The Morgan fingerprint density at radius 2 is 1.69 bits per heavy atom. The van der Waals surface area contributed by atoms with Gasteiger partial charge in [0.25, 0.3) is 0 Å². The second-order valence-corrected chi connectivity index (χ2v) is 9.21. The first kappa shape index (κ1) is 24.9. The predicted molar refractivity (Wildman–Crippen MR) is 123 cm³/mol. The number of pyridine rings is 1. The minimum atomic E-state index is -4.60. The van der Waals surface area contributed by atoms with E-state index in [-0.39, 0.29) is 23.1 Å². The van der Waals surface area contributed by atoms with Gasteiger partial charge in [0.1, 0.15) is 28.8 Å². The number of rotatable bonds is 7. The third kappa shape index (κ3) is 5.20. The number of anilines is 2. The summed E-state index contributed by atoms with van der Waals surface area (Å²) in [6, 6.07) is 8.26. The SMILES string of the molecule is Cc1c(Oc2ncccc2-c2ccnc(N)n2)cc(F)c(NS(=O)(=O)Cc2c(F)cccc2F)c1F. The Hall–Kier alpha value is -4.26. The lowest BCUT2D eigenvalue weighted by Gasteiger charge is -2.16. The van der Waals surface area contributed by atoms with Crippen molar-refractivity contribution < 1.29 is 30.7 Å². The molecular formula is C23H17F4N5O3S. The molecule has 2 heterocycles. The van der Waals surface area contributed by atoms with E-state index in [9.17, 15) is 21.6 Å². The molecule has 0 bridgehead atoms. The number of halogens is 4. The van der Waals surface area contributed by atoms with Gasteiger partial charge in [-0.2, -0.15) is 0 Å². The molecule has 13 heteroatoms. The Kier molecular flexibility index (Phi) is 6.75. The Labute approximate surface area is 202 Å². The number of nitrogens with two attached hydrogens (primary N) is 1. The lowest BCUT2D eigenvalue weighted by molar-refractivity contribution is 0.448. The highest BCUT2D eigenvalue weighted by Crippen LogP contribution is 2.36. The lowest BCUT2D eigenvalue weighted by Crippen LogP contribution is -2.19. The molecular weight excluding hydrogens is 502 g/mol. The highest BCUT2D eigenvalue weighted by atomic mass is 32.2. The summed E-state index contributed by atoms with van der Waals surface area (Å²) in [5.41, 5.74) is 4.25. The average Bonchev–Trinajstić information content (AvgIpc) is 2.83. The molecule has 4 aromatic rings. The van der Waals surface area contributed by atoms with Crippen molar-refractivity contribution in [3.05, 3.63) is 89.3 Å². The molecule has 186 valence electrons. The second-order valence-electron chi connectivity index (χ2n) is 7.49. The first-order valence-electron chi connectivity index (χ1n) is 10.2. The van der Waals surface area contributed by atoms with E-state index in [0.717, 1.165) is 24.3 Å². The van der Waals surface area contributed by atoms with E-state index in [1.165, 1.54) is 25.4 Å². The van der Waals surface area contributed by atoms with Crippen LogP contribution in [-0.4, -0.2) is 23.4 Å². The van der Waals surface area contributed by atoms with Crippen LogP contribution in [0.25, 0.3) is 11.3 Å². The lowest BCUT2D eigenvalue weighted by atomic mass is 10.1. The van der Waals surface area contributed by atoms with Crippen LogP contribution in [0.4, 0.5) is 29.2 Å². The highest BCUT2D eigenvalue weighted by molar-refractivity contribution is 7.91. The number of hydrogen-bond acceptors (Lipinski definition) is 7. The largest absolute Gasteiger partial charge is 0.438 e. The summed E-state index contributed by atoms with van der Waals surface area (Å²) >= 11 is 0. The molecule has 2 aromatic heterocycles. The van der Waals surface area contributed by atoms with Crippen LogP contribution in [-0.2, 0) is 15.8 Å². The van der Waals surface area contributed by atoms with Crippen LogP contribution in [0.5, 0.6) is 11.6 Å². The van der Waals surface area contributed by atoms with Crippen molar-refractivity contribution in [2.45, 2.75) is 12.7 Å². The second kappa shape index (κ2) is 9.77. The van der Waals surface area contributed by atoms with Gasteiger partial charge in [0.15, 0.2) is 11.6 Å². The third-order valence-corrected chi connectivity index (χ3v) is 6.18. The number of sulfonamides is 1. The molecule has 8 nitrogen and oxygen atoms in total. The quantitative estimate of drug-likeness (QED) is 0.339. The Bertz CT molecular complexity index is 1550. The van der Waals surface area contributed by atoms with E-state index in [0.29, 0.717) is 11.3 Å².